The number of ether oxygens (including phenoxy) is 4. The fourth-order valence-electron chi connectivity index (χ4n) is 6.95. The molecule has 0 radical (unpaired) electrons. The highest BCUT2D eigenvalue weighted by Crippen LogP contribution is 2.45. The van der Waals surface area contributed by atoms with Crippen LogP contribution in [0, 0.1) is 23.7 Å². The van der Waals surface area contributed by atoms with Crippen molar-refractivity contribution in [3.63, 3.8) is 0 Å². The van der Waals surface area contributed by atoms with Crippen molar-refractivity contribution < 1.29 is 28.5 Å². The quantitative estimate of drug-likeness (QED) is 0.0994. The standard InChI is InChI=1S/C32H54O6/c1-23-19-27-29(37-27)21-25(23)13-7-3-5-11-17-35-31(33)15-9-10-16-32(34)36-18-12-6-4-8-14-26-22-30-28(38-30)20-24(26)2/h23-30H,3-22H2,1-2H3. The van der Waals surface area contributed by atoms with Gasteiger partial charge in [0.05, 0.1) is 37.6 Å². The molecule has 2 aliphatic heterocycles. The summed E-state index contributed by atoms with van der Waals surface area (Å²) in [6.07, 6.45) is 21.2. The summed E-state index contributed by atoms with van der Waals surface area (Å²) >= 11 is 0. The van der Waals surface area contributed by atoms with Crippen LogP contribution < -0.4 is 0 Å². The first-order valence-electron chi connectivity index (χ1n) is 16.1. The highest BCUT2D eigenvalue weighted by molar-refractivity contribution is 5.70. The maximum Gasteiger partial charge on any atom is 0.305 e. The zero-order valence-electron chi connectivity index (χ0n) is 24.2. The van der Waals surface area contributed by atoms with E-state index in [0.29, 0.717) is 63.3 Å². The lowest BCUT2D eigenvalue weighted by Crippen LogP contribution is -2.22. The first kappa shape index (κ1) is 29.8. The largest absolute Gasteiger partial charge is 0.466 e. The van der Waals surface area contributed by atoms with Crippen LogP contribution in [0.4, 0.5) is 0 Å². The molecule has 2 aliphatic carbocycles. The van der Waals surface area contributed by atoms with Crippen LogP contribution in [-0.2, 0) is 28.5 Å². The summed E-state index contributed by atoms with van der Waals surface area (Å²) in [5.41, 5.74) is 0. The molecule has 2 saturated heterocycles. The van der Waals surface area contributed by atoms with Crippen molar-refractivity contribution in [2.75, 3.05) is 13.2 Å². The van der Waals surface area contributed by atoms with Gasteiger partial charge in [-0.3, -0.25) is 9.59 Å². The average Bonchev–Trinajstić information content (AvgIpc) is 3.81. The van der Waals surface area contributed by atoms with Gasteiger partial charge in [-0.05, 0) is 75.0 Å². The Kier molecular flexibility index (Phi) is 12.2. The minimum atomic E-state index is -0.138. The van der Waals surface area contributed by atoms with Crippen LogP contribution in [0.1, 0.15) is 129 Å². The molecule has 4 aliphatic rings. The van der Waals surface area contributed by atoms with Crippen molar-refractivity contribution in [3.8, 4) is 0 Å². The molecule has 0 N–H and O–H groups in total. The zero-order chi connectivity index (χ0) is 26.7. The number of carbonyl (C=O) groups excluding carboxylic acids is 2. The molecule has 38 heavy (non-hydrogen) atoms. The predicted octanol–water partition coefficient (Wildman–Crippen LogP) is 7.16. The number of epoxide rings is 2. The molecular formula is C32H54O6. The molecule has 0 spiro atoms. The minimum absolute atomic E-state index is 0.138. The highest BCUT2D eigenvalue weighted by atomic mass is 16.6. The molecule has 0 aromatic carbocycles. The lowest BCUT2D eigenvalue weighted by molar-refractivity contribution is -0.146. The maximum atomic E-state index is 11.9. The number of unbranched alkanes of at least 4 members (excludes halogenated alkanes) is 7. The molecule has 0 aromatic heterocycles. The van der Waals surface area contributed by atoms with Crippen LogP contribution in [-0.4, -0.2) is 49.6 Å². The van der Waals surface area contributed by atoms with E-state index in [9.17, 15) is 9.59 Å². The Balaban J connectivity index is 0.865. The number of rotatable bonds is 19. The summed E-state index contributed by atoms with van der Waals surface area (Å²) < 4.78 is 22.1. The van der Waals surface area contributed by atoms with Crippen LogP contribution in [0.3, 0.4) is 0 Å². The minimum Gasteiger partial charge on any atom is -0.466 e. The molecule has 0 bridgehead atoms. The molecule has 4 rings (SSSR count). The van der Waals surface area contributed by atoms with Crippen LogP contribution in [0.15, 0.2) is 0 Å². The van der Waals surface area contributed by atoms with E-state index in [2.05, 4.69) is 13.8 Å². The topological polar surface area (TPSA) is 77.7 Å². The molecule has 2 saturated carbocycles. The van der Waals surface area contributed by atoms with Crippen molar-refractivity contribution in [1.82, 2.24) is 0 Å². The lowest BCUT2D eigenvalue weighted by Gasteiger charge is -2.26. The first-order valence-corrected chi connectivity index (χ1v) is 16.1. The van der Waals surface area contributed by atoms with E-state index in [-0.39, 0.29) is 11.9 Å². The van der Waals surface area contributed by atoms with Gasteiger partial charge in [0, 0.05) is 12.8 Å². The van der Waals surface area contributed by atoms with Crippen molar-refractivity contribution in [3.05, 3.63) is 0 Å². The van der Waals surface area contributed by atoms with E-state index in [0.717, 1.165) is 49.4 Å². The van der Waals surface area contributed by atoms with E-state index < -0.39 is 0 Å². The molecule has 218 valence electrons. The molecule has 0 amide bonds. The Morgan fingerprint density at radius 2 is 0.947 bits per heavy atom. The summed E-state index contributed by atoms with van der Waals surface area (Å²) in [7, 11) is 0. The van der Waals surface area contributed by atoms with E-state index in [4.69, 9.17) is 18.9 Å². The number of hydrogen-bond donors (Lipinski definition) is 0. The highest BCUT2D eigenvalue weighted by Gasteiger charge is 2.47. The summed E-state index contributed by atoms with van der Waals surface area (Å²) in [5, 5.41) is 0. The number of esters is 2. The Bertz CT molecular complexity index is 665. The van der Waals surface area contributed by atoms with Crippen LogP contribution in [0.25, 0.3) is 0 Å². The van der Waals surface area contributed by atoms with E-state index in [1.807, 2.05) is 0 Å². The Hall–Kier alpha value is -1.14. The zero-order valence-corrected chi connectivity index (χ0v) is 24.2. The van der Waals surface area contributed by atoms with Crippen molar-refractivity contribution >= 4 is 11.9 Å². The lowest BCUT2D eigenvalue weighted by atomic mass is 9.78. The van der Waals surface area contributed by atoms with Gasteiger partial charge in [-0.15, -0.1) is 0 Å². The number of carbonyl (C=O) groups is 2. The molecular weight excluding hydrogens is 480 g/mol. The monoisotopic (exact) mass is 534 g/mol. The van der Waals surface area contributed by atoms with Gasteiger partial charge in [-0.2, -0.15) is 0 Å². The summed E-state index contributed by atoms with van der Waals surface area (Å²) in [5.74, 6) is 3.00. The van der Waals surface area contributed by atoms with Gasteiger partial charge in [0.15, 0.2) is 0 Å². The Morgan fingerprint density at radius 1 is 0.553 bits per heavy atom. The molecule has 8 atom stereocenters. The van der Waals surface area contributed by atoms with Gasteiger partial charge in [-0.1, -0.05) is 65.2 Å². The molecule has 0 aromatic rings. The maximum absolute atomic E-state index is 11.9. The van der Waals surface area contributed by atoms with E-state index in [1.165, 1.54) is 64.2 Å². The number of fused-ring (bicyclic) bond motifs is 2. The molecule has 6 heteroatoms. The number of hydrogen-bond acceptors (Lipinski definition) is 6. The Labute approximate surface area is 231 Å². The van der Waals surface area contributed by atoms with Gasteiger partial charge in [0.1, 0.15) is 0 Å². The second kappa shape index (κ2) is 15.6. The van der Waals surface area contributed by atoms with Crippen LogP contribution >= 0.6 is 0 Å². The second-order valence-electron chi connectivity index (χ2n) is 12.9. The molecule has 6 nitrogen and oxygen atoms in total. The smallest absolute Gasteiger partial charge is 0.305 e. The second-order valence-corrected chi connectivity index (χ2v) is 12.9. The fraction of sp³-hybridized carbons (Fsp3) is 0.938. The molecule has 4 fully saturated rings. The predicted molar refractivity (Wildman–Crippen MR) is 148 cm³/mol. The van der Waals surface area contributed by atoms with Gasteiger partial charge in [0.2, 0.25) is 0 Å². The summed E-state index contributed by atoms with van der Waals surface area (Å²) in [4.78, 5) is 23.9. The fourth-order valence-corrected chi connectivity index (χ4v) is 6.95. The molecule has 2 heterocycles. The average molecular weight is 535 g/mol. The normalized spacial score (nSPS) is 33.2. The summed E-state index contributed by atoms with van der Waals surface area (Å²) in [6.45, 7) is 5.80. The third kappa shape index (κ3) is 10.4. The van der Waals surface area contributed by atoms with Crippen molar-refractivity contribution in [1.29, 1.82) is 0 Å². The van der Waals surface area contributed by atoms with E-state index >= 15 is 0 Å². The van der Waals surface area contributed by atoms with Gasteiger partial charge in [-0.25, -0.2) is 0 Å². The van der Waals surface area contributed by atoms with Crippen LogP contribution in [0.5, 0.6) is 0 Å². The van der Waals surface area contributed by atoms with Crippen molar-refractivity contribution in [2.24, 2.45) is 23.7 Å². The molecule has 8 unspecified atom stereocenters. The van der Waals surface area contributed by atoms with Gasteiger partial charge >= 0.3 is 11.9 Å². The SMILES string of the molecule is CC1CC2OC2CC1CCCCCCOC(=O)CCCCC(=O)OCCCCCCC1CC2OC2CC1C. The Morgan fingerprint density at radius 3 is 1.39 bits per heavy atom. The first-order chi connectivity index (χ1) is 18.5. The third-order valence-corrected chi connectivity index (χ3v) is 9.74. The summed E-state index contributed by atoms with van der Waals surface area (Å²) in [6, 6.07) is 0. The van der Waals surface area contributed by atoms with Crippen molar-refractivity contribution in [2.45, 2.75) is 154 Å². The van der Waals surface area contributed by atoms with Gasteiger partial charge < -0.3 is 18.9 Å². The van der Waals surface area contributed by atoms with Gasteiger partial charge in [0.25, 0.3) is 0 Å². The van der Waals surface area contributed by atoms with E-state index in [1.54, 1.807) is 0 Å². The third-order valence-electron chi connectivity index (χ3n) is 9.74. The van der Waals surface area contributed by atoms with Crippen LogP contribution in [0.2, 0.25) is 0 Å².